The number of benzene rings is 3. The fraction of sp³-hybridized carbons (Fsp3) is 0.161. The first-order valence-corrected chi connectivity index (χ1v) is 14.2. The maximum Gasteiger partial charge on any atom is 0.338 e. The minimum Gasteiger partial charge on any atom is -0.491 e. The summed E-state index contributed by atoms with van der Waals surface area (Å²) < 4.78 is 53.1. The predicted molar refractivity (Wildman–Crippen MR) is 156 cm³/mol. The van der Waals surface area contributed by atoms with Crippen LogP contribution in [-0.4, -0.2) is 51.3 Å². The fourth-order valence-corrected chi connectivity index (χ4v) is 4.13. The molecule has 0 aromatic heterocycles. The molecule has 1 N–H and O–H groups in total. The van der Waals surface area contributed by atoms with E-state index in [2.05, 4.69) is 9.69 Å². The molecular formula is C31H22N4O9S. The average Bonchev–Trinajstić information content (AvgIpc) is 3.03. The van der Waals surface area contributed by atoms with Crippen molar-refractivity contribution in [2.45, 2.75) is 11.8 Å². The molecule has 0 aliphatic heterocycles. The molecule has 0 aliphatic rings. The van der Waals surface area contributed by atoms with Crippen LogP contribution in [0, 0.1) is 42.7 Å². The summed E-state index contributed by atoms with van der Waals surface area (Å²) in [7, 11) is -4.44. The molecule has 0 radical (unpaired) electrons. The third-order valence-corrected chi connectivity index (χ3v) is 6.72. The number of esters is 2. The Morgan fingerprint density at radius 2 is 1.16 bits per heavy atom. The highest BCUT2D eigenvalue weighted by Gasteiger charge is 2.15. The van der Waals surface area contributed by atoms with Gasteiger partial charge in [-0.25, -0.2) is 29.8 Å². The van der Waals surface area contributed by atoms with Crippen LogP contribution in [0.5, 0.6) is 11.5 Å². The number of carbonyl (C=O) groups is 2. The molecule has 0 saturated carbocycles. The molecular weight excluding hydrogens is 604 g/mol. The van der Waals surface area contributed by atoms with Gasteiger partial charge in [0.25, 0.3) is 21.5 Å². The maximum atomic E-state index is 12.3. The van der Waals surface area contributed by atoms with Crippen LogP contribution in [0.3, 0.4) is 0 Å². The van der Waals surface area contributed by atoms with Gasteiger partial charge < -0.3 is 18.9 Å². The number of ether oxygens (including phenoxy) is 4. The quantitative estimate of drug-likeness (QED) is 0.143. The third-order valence-electron chi connectivity index (χ3n) is 5.85. The summed E-state index contributed by atoms with van der Waals surface area (Å²) in [6.45, 7) is 15.7. The van der Waals surface area contributed by atoms with Crippen molar-refractivity contribution in [2.24, 2.45) is 0 Å². The lowest BCUT2D eigenvalue weighted by atomic mass is 10.1. The Morgan fingerprint density at radius 3 is 1.51 bits per heavy atom. The van der Waals surface area contributed by atoms with Gasteiger partial charge in [0.2, 0.25) is 0 Å². The van der Waals surface area contributed by atoms with Crippen LogP contribution in [0.2, 0.25) is 0 Å². The lowest BCUT2D eigenvalue weighted by Crippen LogP contribution is -2.23. The average molecular weight is 627 g/mol. The second kappa shape index (κ2) is 15.3. The Balaban J connectivity index is 1.79. The van der Waals surface area contributed by atoms with Crippen molar-refractivity contribution in [3.05, 3.63) is 111 Å². The van der Waals surface area contributed by atoms with Gasteiger partial charge in [0, 0.05) is 10.4 Å². The maximum absolute atomic E-state index is 12.3. The van der Waals surface area contributed by atoms with Crippen LogP contribution in [0.15, 0.2) is 65.6 Å². The summed E-state index contributed by atoms with van der Waals surface area (Å²) in [5.74, 6) is -1.54. The summed E-state index contributed by atoms with van der Waals surface area (Å²) in [5, 5.41) is 19.0. The van der Waals surface area contributed by atoms with Gasteiger partial charge in [0.1, 0.15) is 37.9 Å². The zero-order valence-electron chi connectivity index (χ0n) is 23.5. The van der Waals surface area contributed by atoms with Crippen molar-refractivity contribution in [3.63, 3.8) is 0 Å². The van der Waals surface area contributed by atoms with Gasteiger partial charge in [0.15, 0.2) is 0 Å². The van der Waals surface area contributed by atoms with E-state index in [9.17, 15) is 28.5 Å². The molecule has 0 saturated heterocycles. The Kier molecular flexibility index (Phi) is 11.3. The number of nitrogens with zero attached hydrogens (tertiary/aromatic N) is 4. The van der Waals surface area contributed by atoms with E-state index in [1.165, 1.54) is 12.1 Å². The van der Waals surface area contributed by atoms with E-state index < -0.39 is 32.6 Å². The topological polar surface area (TPSA) is 182 Å². The molecule has 3 rings (SSSR count). The molecule has 0 bridgehead atoms. The van der Waals surface area contributed by atoms with E-state index in [0.717, 1.165) is 29.8 Å². The van der Waals surface area contributed by atoms with Gasteiger partial charge in [-0.05, 0) is 55.5 Å². The Labute approximate surface area is 257 Å². The number of hydrogen-bond acceptors (Lipinski definition) is 10. The number of hydrogen-bond donors (Lipinski definition) is 1. The van der Waals surface area contributed by atoms with Crippen molar-refractivity contribution in [1.82, 2.24) is 0 Å². The van der Waals surface area contributed by atoms with Crippen LogP contribution >= 0.6 is 0 Å². The van der Waals surface area contributed by atoms with Gasteiger partial charge >= 0.3 is 11.9 Å². The minimum absolute atomic E-state index is 0.00477. The van der Waals surface area contributed by atoms with Gasteiger partial charge in [0.05, 0.1) is 41.3 Å². The summed E-state index contributed by atoms with van der Waals surface area (Å²) in [6, 6.07) is 17.0. The summed E-state index contributed by atoms with van der Waals surface area (Å²) in [4.78, 5) is 30.6. The molecule has 0 spiro atoms. The van der Waals surface area contributed by atoms with Crippen molar-refractivity contribution < 1.29 is 41.5 Å². The van der Waals surface area contributed by atoms with E-state index in [0.29, 0.717) is 5.56 Å². The van der Waals surface area contributed by atoms with Crippen molar-refractivity contribution in [3.8, 4) is 23.6 Å². The van der Waals surface area contributed by atoms with Crippen LogP contribution in [0.1, 0.15) is 26.3 Å². The van der Waals surface area contributed by atoms with Crippen molar-refractivity contribution >= 4 is 33.5 Å². The van der Waals surface area contributed by atoms with Crippen LogP contribution < -0.4 is 19.9 Å². The minimum atomic E-state index is -4.44. The lowest BCUT2D eigenvalue weighted by Gasteiger charge is -2.13. The predicted octanol–water partition coefficient (Wildman–Crippen LogP) is 2.82. The fourth-order valence-electron chi connectivity index (χ4n) is 3.65. The first-order chi connectivity index (χ1) is 21.5. The second-order valence-corrected chi connectivity index (χ2v) is 10.2. The molecule has 0 aliphatic carbocycles. The first kappa shape index (κ1) is 33.3. The molecule has 0 amide bonds. The molecule has 0 unspecified atom stereocenters. The van der Waals surface area contributed by atoms with E-state index in [-0.39, 0.29) is 59.6 Å². The highest BCUT2D eigenvalue weighted by molar-refractivity contribution is 7.85. The SMILES string of the molecule is [C-]#[N+]/C(C#N)=c1/cc(OCCOC(=O)c2ccc(S(=O)(=O)O)cc2)/c(=C(\C#N)[N+]#[C-])cc1OCCOC(=O)c1ccc(C)cc1. The largest absolute Gasteiger partial charge is 0.491 e. The van der Waals surface area contributed by atoms with E-state index in [1.54, 1.807) is 36.4 Å². The number of carbonyl (C=O) groups excluding carboxylic acids is 2. The molecule has 226 valence electrons. The second-order valence-electron chi connectivity index (χ2n) is 8.82. The molecule has 0 fully saturated rings. The van der Waals surface area contributed by atoms with Gasteiger partial charge in [-0.15, -0.1) is 0 Å². The van der Waals surface area contributed by atoms with Gasteiger partial charge in [-0.3, -0.25) is 4.55 Å². The normalized spacial score (nSPS) is 11.8. The Hall–Kier alpha value is -6.19. The third kappa shape index (κ3) is 8.90. The number of aryl methyl sites for hydroxylation is 1. The van der Waals surface area contributed by atoms with Crippen LogP contribution in [0.4, 0.5) is 0 Å². The number of nitriles is 2. The van der Waals surface area contributed by atoms with Crippen molar-refractivity contribution in [1.29, 1.82) is 10.5 Å². The summed E-state index contributed by atoms with van der Waals surface area (Å²) in [5.41, 5.74) is 0.512. The molecule has 0 atom stereocenters. The zero-order valence-corrected chi connectivity index (χ0v) is 24.3. The summed E-state index contributed by atoms with van der Waals surface area (Å²) >= 11 is 0. The van der Waals surface area contributed by atoms with E-state index in [4.69, 9.17) is 36.6 Å². The summed E-state index contributed by atoms with van der Waals surface area (Å²) in [6.07, 6.45) is 0. The van der Waals surface area contributed by atoms with Crippen LogP contribution in [-0.2, 0) is 19.6 Å². The van der Waals surface area contributed by atoms with Gasteiger partial charge in [-0.1, -0.05) is 17.7 Å². The molecule has 14 heteroatoms. The van der Waals surface area contributed by atoms with Crippen molar-refractivity contribution in [2.75, 3.05) is 26.4 Å². The Bertz CT molecular complexity index is 1980. The zero-order chi connectivity index (χ0) is 33.0. The molecule has 13 nitrogen and oxygen atoms in total. The highest BCUT2D eigenvalue weighted by atomic mass is 32.2. The molecule has 3 aromatic carbocycles. The Morgan fingerprint density at radius 1 is 0.756 bits per heavy atom. The smallest absolute Gasteiger partial charge is 0.338 e. The molecule has 45 heavy (non-hydrogen) atoms. The monoisotopic (exact) mass is 626 g/mol. The number of rotatable bonds is 11. The van der Waals surface area contributed by atoms with Gasteiger partial charge in [-0.2, -0.15) is 8.42 Å². The van der Waals surface area contributed by atoms with E-state index >= 15 is 0 Å². The van der Waals surface area contributed by atoms with E-state index in [1.807, 2.05) is 6.92 Å². The highest BCUT2D eigenvalue weighted by Crippen LogP contribution is 2.14. The first-order valence-electron chi connectivity index (χ1n) is 12.7. The lowest BCUT2D eigenvalue weighted by molar-refractivity contribution is 0.0440. The molecule has 3 aromatic rings. The standard InChI is InChI=1S/C31H22N4O9S/c1-20-4-6-21(7-5-20)30(36)43-14-12-41-28-16-25(27(19-33)35-3)29(17-24(28)26(18-32)34-2)42-13-15-44-31(37)22-8-10-23(11-9-22)45(38,39)40/h4-11,16-17H,12-15H2,1H3,(H,38,39,40)/b26-24-,27-25+. The van der Waals surface area contributed by atoms with Crippen LogP contribution in [0.25, 0.3) is 21.1 Å². The molecule has 0 heterocycles.